The van der Waals surface area contributed by atoms with E-state index in [1.807, 2.05) is 42.5 Å². The van der Waals surface area contributed by atoms with E-state index in [1.54, 1.807) is 0 Å². The summed E-state index contributed by atoms with van der Waals surface area (Å²) in [6.07, 6.45) is 0.875. The van der Waals surface area contributed by atoms with Crippen LogP contribution in [-0.4, -0.2) is 31.5 Å². The van der Waals surface area contributed by atoms with Crippen LogP contribution in [0.1, 0.15) is 34.6 Å². The number of rotatable bonds is 7. The minimum Gasteiger partial charge on any atom is -0.445 e. The molecule has 3 aromatic carbocycles. The minimum atomic E-state index is -0.415. The molecule has 4 rings (SSSR count). The average molecular weight is 443 g/mol. The summed E-state index contributed by atoms with van der Waals surface area (Å²) in [5.74, 6) is 0.254. The molecule has 1 amide bonds. The van der Waals surface area contributed by atoms with Gasteiger partial charge in [-0.05, 0) is 46.7 Å². The Labute approximate surface area is 195 Å². The van der Waals surface area contributed by atoms with Crippen molar-refractivity contribution in [3.05, 3.63) is 95.1 Å². The van der Waals surface area contributed by atoms with Crippen LogP contribution in [0.5, 0.6) is 0 Å². The molecular formula is C28H30N2O3. The maximum atomic E-state index is 12.4. The van der Waals surface area contributed by atoms with Gasteiger partial charge in [0.25, 0.3) is 0 Å². The number of alkyl carbamates (subject to hydrolysis) is 1. The van der Waals surface area contributed by atoms with Crippen LogP contribution in [0.25, 0.3) is 11.1 Å². The molecule has 0 aliphatic carbocycles. The van der Waals surface area contributed by atoms with Gasteiger partial charge in [-0.1, -0.05) is 72.8 Å². The molecule has 5 nitrogen and oxygen atoms in total. The van der Waals surface area contributed by atoms with Crippen LogP contribution in [0.15, 0.2) is 72.8 Å². The molecule has 0 spiro atoms. The summed E-state index contributed by atoms with van der Waals surface area (Å²) in [4.78, 5) is 24.4. The summed E-state index contributed by atoms with van der Waals surface area (Å²) in [7, 11) is 0. The highest BCUT2D eigenvalue weighted by atomic mass is 16.5. The van der Waals surface area contributed by atoms with Gasteiger partial charge in [-0.3, -0.25) is 4.79 Å². The van der Waals surface area contributed by atoms with Gasteiger partial charge in [-0.2, -0.15) is 0 Å². The second-order valence-corrected chi connectivity index (χ2v) is 8.44. The number of piperidine rings is 1. The van der Waals surface area contributed by atoms with Crippen molar-refractivity contribution < 1.29 is 14.3 Å². The number of carbonyl (C=O) groups excluding carboxylic acids is 2. The number of aryl methyl sites for hydroxylation is 1. The van der Waals surface area contributed by atoms with Gasteiger partial charge in [0.1, 0.15) is 12.4 Å². The van der Waals surface area contributed by atoms with Crippen molar-refractivity contribution in [1.29, 1.82) is 0 Å². The first-order chi connectivity index (χ1) is 16.1. The molecule has 170 valence electrons. The van der Waals surface area contributed by atoms with E-state index < -0.39 is 6.09 Å². The Morgan fingerprint density at radius 2 is 1.85 bits per heavy atom. The number of Topliss-reactive ketones (excluding diaryl/α,β-unsaturated/α-hetero) is 1. The maximum Gasteiger partial charge on any atom is 0.407 e. The number of amides is 1. The lowest BCUT2D eigenvalue weighted by Crippen LogP contribution is -2.35. The highest BCUT2D eigenvalue weighted by Crippen LogP contribution is 2.30. The van der Waals surface area contributed by atoms with Gasteiger partial charge in [0.05, 0.1) is 5.92 Å². The molecular weight excluding hydrogens is 412 g/mol. The Morgan fingerprint density at radius 1 is 1.06 bits per heavy atom. The molecule has 5 heteroatoms. The van der Waals surface area contributed by atoms with Crippen molar-refractivity contribution in [1.82, 2.24) is 10.6 Å². The van der Waals surface area contributed by atoms with Crippen LogP contribution in [0.4, 0.5) is 4.79 Å². The van der Waals surface area contributed by atoms with Gasteiger partial charge >= 0.3 is 6.09 Å². The molecule has 1 aliphatic rings. The summed E-state index contributed by atoms with van der Waals surface area (Å²) in [5, 5.41) is 6.17. The van der Waals surface area contributed by atoms with Crippen molar-refractivity contribution >= 4 is 11.9 Å². The van der Waals surface area contributed by atoms with E-state index in [2.05, 4.69) is 47.9 Å². The molecule has 3 aromatic rings. The van der Waals surface area contributed by atoms with Crippen molar-refractivity contribution in [3.8, 4) is 11.1 Å². The third-order valence-corrected chi connectivity index (χ3v) is 6.14. The molecule has 33 heavy (non-hydrogen) atoms. The van der Waals surface area contributed by atoms with E-state index in [4.69, 9.17) is 4.74 Å². The standard InChI is InChI=1S/C28H30N2O3/c1-20-17-23(11-12-24(20)26-18-29-15-14-27(26)31)25-10-6-5-9-22(25)13-16-30-28(32)33-19-21-7-3-2-4-8-21/h2-12,17,26,29H,13-16,18-19H2,1H3,(H,30,32). The number of ketones is 1. The fraction of sp³-hybridized carbons (Fsp3) is 0.286. The van der Waals surface area contributed by atoms with Crippen molar-refractivity contribution in [2.24, 2.45) is 0 Å². The molecule has 1 atom stereocenters. The Balaban J connectivity index is 1.38. The van der Waals surface area contributed by atoms with Gasteiger partial charge in [-0.25, -0.2) is 4.79 Å². The molecule has 1 saturated heterocycles. The third kappa shape index (κ3) is 5.88. The van der Waals surface area contributed by atoms with Gasteiger partial charge < -0.3 is 15.4 Å². The zero-order chi connectivity index (χ0) is 23.0. The zero-order valence-electron chi connectivity index (χ0n) is 19.0. The van der Waals surface area contributed by atoms with Crippen molar-refractivity contribution in [2.75, 3.05) is 19.6 Å². The van der Waals surface area contributed by atoms with Crippen LogP contribution in [0.2, 0.25) is 0 Å². The molecule has 0 radical (unpaired) electrons. The predicted molar refractivity (Wildman–Crippen MR) is 130 cm³/mol. The Morgan fingerprint density at radius 3 is 2.64 bits per heavy atom. The molecule has 1 aliphatic heterocycles. The van der Waals surface area contributed by atoms with E-state index in [0.717, 1.165) is 39.9 Å². The molecule has 0 aromatic heterocycles. The smallest absolute Gasteiger partial charge is 0.407 e. The summed E-state index contributed by atoms with van der Waals surface area (Å²) < 4.78 is 5.29. The molecule has 1 fully saturated rings. The number of ether oxygens (including phenoxy) is 1. The zero-order valence-corrected chi connectivity index (χ0v) is 19.0. The predicted octanol–water partition coefficient (Wildman–Crippen LogP) is 4.78. The van der Waals surface area contributed by atoms with E-state index in [-0.39, 0.29) is 12.5 Å². The van der Waals surface area contributed by atoms with Crippen molar-refractivity contribution in [2.45, 2.75) is 32.3 Å². The van der Waals surface area contributed by atoms with Crippen LogP contribution in [0.3, 0.4) is 0 Å². The van der Waals surface area contributed by atoms with E-state index in [1.165, 1.54) is 0 Å². The Kier molecular flexibility index (Phi) is 7.53. The second-order valence-electron chi connectivity index (χ2n) is 8.44. The van der Waals surface area contributed by atoms with E-state index in [9.17, 15) is 9.59 Å². The van der Waals surface area contributed by atoms with Crippen LogP contribution < -0.4 is 10.6 Å². The quantitative estimate of drug-likeness (QED) is 0.553. The highest BCUT2D eigenvalue weighted by Gasteiger charge is 2.25. The first-order valence-corrected chi connectivity index (χ1v) is 11.5. The second kappa shape index (κ2) is 10.9. The number of nitrogens with one attached hydrogen (secondary N) is 2. The van der Waals surface area contributed by atoms with Gasteiger partial charge in [-0.15, -0.1) is 0 Å². The fourth-order valence-electron chi connectivity index (χ4n) is 4.36. The molecule has 1 heterocycles. The van der Waals surface area contributed by atoms with Crippen LogP contribution in [-0.2, 0) is 22.6 Å². The molecule has 2 N–H and O–H groups in total. The molecule has 0 saturated carbocycles. The summed E-state index contributed by atoms with van der Waals surface area (Å²) in [6, 6.07) is 24.2. The maximum absolute atomic E-state index is 12.4. The number of carbonyl (C=O) groups is 2. The van der Waals surface area contributed by atoms with Gasteiger partial charge in [0.15, 0.2) is 0 Å². The van der Waals surface area contributed by atoms with Crippen molar-refractivity contribution in [3.63, 3.8) is 0 Å². The summed E-state index contributed by atoms with van der Waals surface area (Å²) in [6.45, 7) is 4.31. The first kappa shape index (κ1) is 22.7. The molecule has 1 unspecified atom stereocenters. The van der Waals surface area contributed by atoms with Gasteiger partial charge in [0, 0.05) is 26.1 Å². The minimum absolute atomic E-state index is 0.0610. The SMILES string of the molecule is Cc1cc(-c2ccccc2CCNC(=O)OCc2ccccc2)ccc1C1CNCCC1=O. The Bertz CT molecular complexity index is 1110. The largest absolute Gasteiger partial charge is 0.445 e. The van der Waals surface area contributed by atoms with Crippen LogP contribution in [0, 0.1) is 6.92 Å². The normalized spacial score (nSPS) is 15.8. The number of hydrogen-bond donors (Lipinski definition) is 2. The first-order valence-electron chi connectivity index (χ1n) is 11.5. The fourth-order valence-corrected chi connectivity index (χ4v) is 4.36. The van der Waals surface area contributed by atoms with Gasteiger partial charge in [0.2, 0.25) is 0 Å². The number of benzene rings is 3. The Hall–Kier alpha value is -3.44. The highest BCUT2D eigenvalue weighted by molar-refractivity contribution is 5.87. The van der Waals surface area contributed by atoms with E-state index >= 15 is 0 Å². The van der Waals surface area contributed by atoms with E-state index in [0.29, 0.717) is 31.7 Å². The lowest BCUT2D eigenvalue weighted by molar-refractivity contribution is -0.121. The lowest BCUT2D eigenvalue weighted by atomic mass is 9.86. The number of hydrogen-bond acceptors (Lipinski definition) is 4. The summed E-state index contributed by atoms with van der Waals surface area (Å²) >= 11 is 0. The van der Waals surface area contributed by atoms with Crippen LogP contribution >= 0.6 is 0 Å². The lowest BCUT2D eigenvalue weighted by Gasteiger charge is -2.24. The summed E-state index contributed by atoms with van der Waals surface area (Å²) in [5.41, 5.74) is 6.61. The average Bonchev–Trinajstić information content (AvgIpc) is 2.84. The topological polar surface area (TPSA) is 67.4 Å². The third-order valence-electron chi connectivity index (χ3n) is 6.14. The monoisotopic (exact) mass is 442 g/mol. The molecule has 0 bridgehead atoms.